The average Bonchev–Trinajstić information content (AvgIpc) is 3.09. The number of ether oxygens (including phenoxy) is 1. The Morgan fingerprint density at radius 1 is 1.50 bits per heavy atom. The molecule has 0 radical (unpaired) electrons. The van der Waals surface area contributed by atoms with Gasteiger partial charge in [0.15, 0.2) is 11.0 Å². The van der Waals surface area contributed by atoms with Crippen LogP contribution in [0.3, 0.4) is 0 Å². The van der Waals surface area contributed by atoms with Crippen LogP contribution in [0.15, 0.2) is 18.3 Å². The van der Waals surface area contributed by atoms with Crippen LogP contribution in [0.1, 0.15) is 40.0 Å². The maximum Gasteiger partial charge on any atom is 0.335 e. The Bertz CT molecular complexity index is 871. The molecule has 3 rings (SSSR count). The number of methoxy groups -OCH3 is 1. The lowest BCUT2D eigenvalue weighted by atomic mass is 10.0. The van der Waals surface area contributed by atoms with Crippen molar-refractivity contribution >= 4 is 29.3 Å². The monoisotopic (exact) mass is 407 g/mol. The fraction of sp³-hybridized carbons (Fsp3) is 0.444. The normalized spacial score (nSPS) is 19.5. The fourth-order valence-electron chi connectivity index (χ4n) is 3.22. The van der Waals surface area contributed by atoms with E-state index in [1.165, 1.54) is 18.3 Å². The van der Waals surface area contributed by atoms with Crippen LogP contribution in [-0.4, -0.2) is 64.3 Å². The Balaban J connectivity index is 1.68. The summed E-state index contributed by atoms with van der Waals surface area (Å²) in [6.45, 7) is 2.99. The molecule has 9 nitrogen and oxygen atoms in total. The van der Waals surface area contributed by atoms with Gasteiger partial charge < -0.3 is 25.0 Å². The largest absolute Gasteiger partial charge is 0.478 e. The molecule has 0 unspecified atom stereocenters. The van der Waals surface area contributed by atoms with Gasteiger partial charge in [0.05, 0.1) is 23.4 Å². The van der Waals surface area contributed by atoms with E-state index in [4.69, 9.17) is 21.4 Å². The van der Waals surface area contributed by atoms with Crippen molar-refractivity contribution in [3.8, 4) is 0 Å². The van der Waals surface area contributed by atoms with Crippen molar-refractivity contribution in [3.05, 3.63) is 40.6 Å². The van der Waals surface area contributed by atoms with Crippen LogP contribution < -0.4 is 10.2 Å². The molecule has 150 valence electrons. The second-order valence-corrected chi connectivity index (χ2v) is 6.86. The predicted octanol–water partition coefficient (Wildman–Crippen LogP) is 1.74. The summed E-state index contributed by atoms with van der Waals surface area (Å²) in [4.78, 5) is 36.9. The number of aromatic nitrogens is 3. The highest BCUT2D eigenvalue weighted by Gasteiger charge is 2.32. The highest BCUT2D eigenvalue weighted by molar-refractivity contribution is 6.30. The third-order valence-corrected chi connectivity index (χ3v) is 5.10. The van der Waals surface area contributed by atoms with Gasteiger partial charge in [-0.15, -0.1) is 0 Å². The van der Waals surface area contributed by atoms with Gasteiger partial charge in [0.2, 0.25) is 0 Å². The molecule has 0 aliphatic carbocycles. The van der Waals surface area contributed by atoms with Crippen LogP contribution in [-0.2, 0) is 11.2 Å². The molecular weight excluding hydrogens is 386 g/mol. The van der Waals surface area contributed by atoms with Crippen molar-refractivity contribution in [1.29, 1.82) is 0 Å². The smallest absolute Gasteiger partial charge is 0.335 e. The summed E-state index contributed by atoms with van der Waals surface area (Å²) >= 11 is 6.01. The number of carboxylic acid groups (broad SMARTS) is 1. The van der Waals surface area contributed by atoms with E-state index in [1.807, 2.05) is 11.8 Å². The number of amides is 1. The van der Waals surface area contributed by atoms with Crippen LogP contribution in [0.2, 0.25) is 5.15 Å². The number of hydrogen-bond donors (Lipinski definition) is 3. The summed E-state index contributed by atoms with van der Waals surface area (Å²) in [7, 11) is 1.58. The molecule has 0 saturated carbocycles. The number of aromatic amines is 1. The van der Waals surface area contributed by atoms with E-state index in [0.29, 0.717) is 42.6 Å². The van der Waals surface area contributed by atoms with Gasteiger partial charge in [-0.2, -0.15) is 0 Å². The summed E-state index contributed by atoms with van der Waals surface area (Å²) in [6.07, 6.45) is 2.45. The first-order valence-electron chi connectivity index (χ1n) is 8.95. The SMILES string of the molecule is CCc1[nH]c(C(=O)N[C@H]2CCN(c3cc(C(=O)O)ccn3)C[C@H]2OC)nc1Cl. The Labute approximate surface area is 167 Å². The summed E-state index contributed by atoms with van der Waals surface area (Å²) in [5.74, 6) is -0.599. The number of carboxylic acids is 1. The number of piperidine rings is 1. The summed E-state index contributed by atoms with van der Waals surface area (Å²) in [5, 5.41) is 12.4. The summed E-state index contributed by atoms with van der Waals surface area (Å²) in [5.41, 5.74) is 0.894. The number of rotatable bonds is 6. The number of nitrogens with zero attached hydrogens (tertiary/aromatic N) is 3. The van der Waals surface area contributed by atoms with Crippen LogP contribution in [0.5, 0.6) is 0 Å². The molecule has 10 heteroatoms. The average molecular weight is 408 g/mol. The zero-order valence-corrected chi connectivity index (χ0v) is 16.4. The standard InChI is InChI=1S/C18H22ClN5O4/c1-3-11-15(19)23-16(21-11)17(25)22-12-5-7-24(9-13(12)28-2)14-8-10(18(26)27)4-6-20-14/h4,6,8,12-13H,3,5,7,9H2,1-2H3,(H,21,23)(H,22,25)(H,26,27)/t12-,13+/m0/s1. The van der Waals surface area contributed by atoms with Gasteiger partial charge in [0.25, 0.3) is 5.91 Å². The molecule has 1 fully saturated rings. The molecule has 0 bridgehead atoms. The van der Waals surface area contributed by atoms with Crippen molar-refractivity contribution in [2.45, 2.75) is 31.9 Å². The van der Waals surface area contributed by atoms with E-state index < -0.39 is 5.97 Å². The minimum atomic E-state index is -1.00. The number of halogens is 1. The van der Waals surface area contributed by atoms with Crippen LogP contribution >= 0.6 is 11.6 Å². The number of nitrogens with one attached hydrogen (secondary N) is 2. The number of hydrogen-bond acceptors (Lipinski definition) is 6. The van der Waals surface area contributed by atoms with Crippen molar-refractivity contribution in [1.82, 2.24) is 20.3 Å². The molecule has 1 saturated heterocycles. The van der Waals surface area contributed by atoms with Crippen LogP contribution in [0.4, 0.5) is 5.82 Å². The maximum atomic E-state index is 12.5. The molecule has 3 N–H and O–H groups in total. The van der Waals surface area contributed by atoms with Gasteiger partial charge in [-0.05, 0) is 25.0 Å². The summed E-state index contributed by atoms with van der Waals surface area (Å²) in [6, 6.07) is 2.77. The lowest BCUT2D eigenvalue weighted by molar-refractivity contribution is 0.0536. The second-order valence-electron chi connectivity index (χ2n) is 6.50. The molecule has 28 heavy (non-hydrogen) atoms. The van der Waals surface area contributed by atoms with Crippen LogP contribution in [0.25, 0.3) is 0 Å². The molecule has 1 aliphatic rings. The van der Waals surface area contributed by atoms with Gasteiger partial charge in [0, 0.05) is 26.4 Å². The highest BCUT2D eigenvalue weighted by atomic mass is 35.5. The third-order valence-electron chi connectivity index (χ3n) is 4.79. The van der Waals surface area contributed by atoms with Crippen molar-refractivity contribution in [2.24, 2.45) is 0 Å². The number of aromatic carboxylic acids is 1. The number of carbonyl (C=O) groups excluding carboxylic acids is 1. The quantitative estimate of drug-likeness (QED) is 0.666. The first kappa shape index (κ1) is 20.1. The minimum Gasteiger partial charge on any atom is -0.478 e. The van der Waals surface area contributed by atoms with E-state index in [0.717, 1.165) is 0 Å². The van der Waals surface area contributed by atoms with Gasteiger partial charge in [-0.3, -0.25) is 4.79 Å². The number of H-pyrrole nitrogens is 1. The second kappa shape index (κ2) is 8.57. The molecule has 0 spiro atoms. The van der Waals surface area contributed by atoms with Crippen molar-refractivity contribution in [2.75, 3.05) is 25.1 Å². The zero-order valence-electron chi connectivity index (χ0n) is 15.6. The lowest BCUT2D eigenvalue weighted by Crippen LogP contribution is -2.55. The maximum absolute atomic E-state index is 12.5. The zero-order chi connectivity index (χ0) is 20.3. The molecule has 2 aromatic rings. The number of pyridine rings is 1. The number of aryl methyl sites for hydroxylation is 1. The predicted molar refractivity (Wildman–Crippen MR) is 103 cm³/mol. The van der Waals surface area contributed by atoms with Gasteiger partial charge in [-0.1, -0.05) is 18.5 Å². The molecule has 2 aromatic heterocycles. The summed E-state index contributed by atoms with van der Waals surface area (Å²) < 4.78 is 5.56. The Kier molecular flexibility index (Phi) is 6.15. The van der Waals surface area contributed by atoms with E-state index >= 15 is 0 Å². The van der Waals surface area contributed by atoms with Crippen molar-refractivity contribution in [3.63, 3.8) is 0 Å². The molecule has 0 aromatic carbocycles. The topological polar surface area (TPSA) is 120 Å². The fourth-order valence-corrected chi connectivity index (χ4v) is 3.48. The Hall–Kier alpha value is -2.65. The van der Waals surface area contributed by atoms with Gasteiger partial charge >= 0.3 is 5.97 Å². The van der Waals surface area contributed by atoms with E-state index in [2.05, 4.69) is 20.3 Å². The highest BCUT2D eigenvalue weighted by Crippen LogP contribution is 2.21. The lowest BCUT2D eigenvalue weighted by Gasteiger charge is -2.38. The molecular formula is C18H22ClN5O4. The Morgan fingerprint density at radius 3 is 2.93 bits per heavy atom. The third kappa shape index (κ3) is 4.26. The van der Waals surface area contributed by atoms with Crippen molar-refractivity contribution < 1.29 is 19.4 Å². The first-order chi connectivity index (χ1) is 13.4. The number of carbonyl (C=O) groups is 2. The molecule has 3 heterocycles. The van der Waals surface area contributed by atoms with Crippen LogP contribution in [0, 0.1) is 0 Å². The number of anilines is 1. The Morgan fingerprint density at radius 2 is 2.29 bits per heavy atom. The minimum absolute atomic E-state index is 0.176. The van der Waals surface area contributed by atoms with Gasteiger partial charge in [0.1, 0.15) is 5.82 Å². The van der Waals surface area contributed by atoms with E-state index in [1.54, 1.807) is 7.11 Å². The molecule has 1 aliphatic heterocycles. The van der Waals surface area contributed by atoms with E-state index in [9.17, 15) is 9.59 Å². The molecule has 1 amide bonds. The number of imidazole rings is 1. The van der Waals surface area contributed by atoms with Gasteiger partial charge in [-0.25, -0.2) is 14.8 Å². The first-order valence-corrected chi connectivity index (χ1v) is 9.33. The molecule has 2 atom stereocenters. The van der Waals surface area contributed by atoms with E-state index in [-0.39, 0.29) is 29.4 Å².